The first kappa shape index (κ1) is 21.5. The Morgan fingerprint density at radius 1 is 1.36 bits per heavy atom. The number of hydrogen-bond acceptors (Lipinski definition) is 6. The smallest absolute Gasteiger partial charge is 0.277 e. The van der Waals surface area contributed by atoms with Crippen LogP contribution in [0.5, 0.6) is 0 Å². The van der Waals surface area contributed by atoms with Gasteiger partial charge in [0.25, 0.3) is 5.91 Å². The van der Waals surface area contributed by atoms with Crippen LogP contribution >= 0.6 is 35.0 Å². The van der Waals surface area contributed by atoms with Crippen LogP contribution in [-0.2, 0) is 4.84 Å². The van der Waals surface area contributed by atoms with E-state index < -0.39 is 24.4 Å². The number of carbonyl (C=O) groups is 1. The number of aromatic nitrogens is 1. The summed E-state index contributed by atoms with van der Waals surface area (Å²) < 4.78 is 14.7. The molecule has 0 spiro atoms. The number of nitrogens with one attached hydrogen (secondary N) is 2. The number of anilines is 2. The highest BCUT2D eigenvalue weighted by Gasteiger charge is 2.14. The fourth-order valence-electron chi connectivity index (χ4n) is 1.74. The van der Waals surface area contributed by atoms with E-state index in [-0.39, 0.29) is 30.3 Å². The molecule has 10 heteroatoms. The summed E-state index contributed by atoms with van der Waals surface area (Å²) in [5, 5.41) is 20.6. The van der Waals surface area contributed by atoms with Crippen molar-refractivity contribution in [2.45, 2.75) is 6.10 Å². The third-order valence-electron chi connectivity index (χ3n) is 2.92. The highest BCUT2D eigenvalue weighted by atomic mass is 127. The van der Waals surface area contributed by atoms with E-state index in [0.717, 1.165) is 3.57 Å². The van der Waals surface area contributed by atoms with Crippen LogP contribution in [-0.4, -0.2) is 40.4 Å². The van der Waals surface area contributed by atoms with Crippen molar-refractivity contribution in [2.75, 3.05) is 18.5 Å². The topological polar surface area (TPSA) is 104 Å². The summed E-state index contributed by atoms with van der Waals surface area (Å²) >= 11 is 1.99. The lowest BCUT2D eigenvalue weighted by Crippen LogP contribution is -2.30. The van der Waals surface area contributed by atoms with Crippen molar-refractivity contribution in [2.24, 2.45) is 0 Å². The Bertz CT molecular complexity index is 723. The van der Waals surface area contributed by atoms with Gasteiger partial charge in [-0.25, -0.2) is 9.87 Å². The Hall–Kier alpha value is -1.53. The predicted octanol–water partition coefficient (Wildman–Crippen LogP) is 2.01. The number of hydrogen-bond donors (Lipinski definition) is 4. The summed E-state index contributed by atoms with van der Waals surface area (Å²) in [4.78, 5) is 20.8. The van der Waals surface area contributed by atoms with Crippen LogP contribution in [0.3, 0.4) is 0 Å². The van der Waals surface area contributed by atoms with Gasteiger partial charge in [-0.15, -0.1) is 12.4 Å². The van der Waals surface area contributed by atoms with Crippen molar-refractivity contribution in [3.8, 4) is 0 Å². The molecule has 0 fully saturated rings. The molecule has 0 aliphatic rings. The van der Waals surface area contributed by atoms with Crippen LogP contribution in [0.15, 0.2) is 36.7 Å². The van der Waals surface area contributed by atoms with E-state index in [1.807, 2.05) is 22.6 Å². The molecule has 4 N–H and O–H groups in total. The second kappa shape index (κ2) is 10.5. The van der Waals surface area contributed by atoms with Gasteiger partial charge in [0.05, 0.1) is 29.7 Å². The van der Waals surface area contributed by atoms with E-state index in [0.29, 0.717) is 5.69 Å². The molecule has 1 atom stereocenters. The van der Waals surface area contributed by atoms with Crippen LogP contribution in [0.25, 0.3) is 0 Å². The van der Waals surface area contributed by atoms with E-state index >= 15 is 0 Å². The zero-order valence-corrected chi connectivity index (χ0v) is 15.8. The monoisotopic (exact) mass is 483 g/mol. The number of pyridine rings is 1. The van der Waals surface area contributed by atoms with E-state index in [2.05, 4.69) is 15.8 Å². The molecule has 2 aromatic rings. The number of hydroxylamine groups is 1. The molecule has 7 nitrogen and oxygen atoms in total. The molecule has 1 aromatic heterocycles. The Morgan fingerprint density at radius 3 is 2.80 bits per heavy atom. The third-order valence-corrected chi connectivity index (χ3v) is 3.59. The van der Waals surface area contributed by atoms with Crippen LogP contribution in [0, 0.1) is 9.39 Å². The van der Waals surface area contributed by atoms with E-state index in [9.17, 15) is 9.18 Å². The van der Waals surface area contributed by atoms with Gasteiger partial charge >= 0.3 is 0 Å². The maximum atomic E-state index is 13.9. The number of aliphatic hydroxyl groups excluding tert-OH is 2. The van der Waals surface area contributed by atoms with Gasteiger partial charge in [-0.3, -0.25) is 14.6 Å². The minimum atomic E-state index is -1.10. The molecule has 25 heavy (non-hydrogen) atoms. The number of rotatable bonds is 7. The van der Waals surface area contributed by atoms with Crippen molar-refractivity contribution >= 4 is 52.3 Å². The van der Waals surface area contributed by atoms with Crippen molar-refractivity contribution in [3.63, 3.8) is 0 Å². The number of benzene rings is 1. The fourth-order valence-corrected chi connectivity index (χ4v) is 2.19. The average Bonchev–Trinajstić information content (AvgIpc) is 2.57. The largest absolute Gasteiger partial charge is 0.394 e. The summed E-state index contributed by atoms with van der Waals surface area (Å²) in [6, 6.07) is 6.08. The van der Waals surface area contributed by atoms with Gasteiger partial charge in [-0.05, 0) is 46.9 Å². The number of aliphatic hydroxyl groups is 2. The van der Waals surface area contributed by atoms with Crippen LogP contribution in [0.4, 0.5) is 15.8 Å². The van der Waals surface area contributed by atoms with Gasteiger partial charge in [0, 0.05) is 9.77 Å². The summed E-state index contributed by atoms with van der Waals surface area (Å²) in [5.41, 5.74) is 2.82. The van der Waals surface area contributed by atoms with Gasteiger partial charge in [0.15, 0.2) is 0 Å². The first-order valence-corrected chi connectivity index (χ1v) is 7.96. The Balaban J connectivity index is 0.00000312. The first-order valence-electron chi connectivity index (χ1n) is 6.88. The van der Waals surface area contributed by atoms with E-state index in [4.69, 9.17) is 15.1 Å². The quantitative estimate of drug-likeness (QED) is 0.355. The van der Waals surface area contributed by atoms with Crippen LogP contribution in [0.2, 0.25) is 0 Å². The Morgan fingerprint density at radius 2 is 2.12 bits per heavy atom. The Kier molecular flexibility index (Phi) is 9.00. The van der Waals surface area contributed by atoms with Gasteiger partial charge in [0.2, 0.25) is 0 Å². The lowest BCUT2D eigenvalue weighted by atomic mass is 10.2. The molecule has 136 valence electrons. The van der Waals surface area contributed by atoms with Gasteiger partial charge < -0.3 is 15.5 Å². The molecule has 0 saturated heterocycles. The normalized spacial score (nSPS) is 11.4. The first-order chi connectivity index (χ1) is 11.5. The summed E-state index contributed by atoms with van der Waals surface area (Å²) in [6.07, 6.45) is 1.70. The summed E-state index contributed by atoms with van der Waals surface area (Å²) in [7, 11) is 0. The number of amides is 1. The molecule has 0 aliphatic carbocycles. The lowest BCUT2D eigenvalue weighted by Gasteiger charge is -2.13. The third kappa shape index (κ3) is 6.36. The maximum Gasteiger partial charge on any atom is 0.277 e. The molecule has 0 radical (unpaired) electrons. The van der Waals surface area contributed by atoms with Crippen molar-refractivity contribution in [1.29, 1.82) is 0 Å². The van der Waals surface area contributed by atoms with Gasteiger partial charge in [-0.2, -0.15) is 0 Å². The molecular weight excluding hydrogens is 468 g/mol. The van der Waals surface area contributed by atoms with Gasteiger partial charge in [-0.1, -0.05) is 0 Å². The molecule has 0 unspecified atom stereocenters. The minimum Gasteiger partial charge on any atom is -0.394 e. The zero-order chi connectivity index (χ0) is 17.5. The van der Waals surface area contributed by atoms with Crippen LogP contribution < -0.4 is 10.8 Å². The lowest BCUT2D eigenvalue weighted by molar-refractivity contribution is -0.0295. The molecule has 2 rings (SSSR count). The standard InChI is InChI=1S/C15H15FIN3O4.ClH/c16-12-5-9(17)1-2-13(12)19-14-6-18-4-3-11(14)15(23)20-24-8-10(22)7-21;/h1-6,10,19,21-22H,7-8H2,(H,20,23);1H/t10-;/m1./s1. The van der Waals surface area contributed by atoms with E-state index in [1.165, 1.54) is 24.5 Å². The molecular formula is C15H16ClFIN3O4. The molecule has 1 aromatic carbocycles. The molecule has 0 aliphatic heterocycles. The SMILES string of the molecule is Cl.O=C(NOC[C@H](O)CO)c1ccncc1Nc1ccc(I)cc1F. The fraction of sp³-hybridized carbons (Fsp3) is 0.200. The minimum absolute atomic E-state index is 0. The summed E-state index contributed by atoms with van der Waals surface area (Å²) in [5.74, 6) is -1.06. The summed E-state index contributed by atoms with van der Waals surface area (Å²) in [6.45, 7) is -0.744. The highest BCUT2D eigenvalue weighted by Crippen LogP contribution is 2.23. The maximum absolute atomic E-state index is 13.9. The number of nitrogens with zero attached hydrogens (tertiary/aromatic N) is 1. The molecule has 0 saturated carbocycles. The molecule has 1 amide bonds. The van der Waals surface area contributed by atoms with Crippen molar-refractivity contribution < 1.29 is 24.2 Å². The molecule has 0 bridgehead atoms. The Labute approximate surface area is 163 Å². The second-order valence-electron chi connectivity index (χ2n) is 4.75. The predicted molar refractivity (Wildman–Crippen MR) is 100 cm³/mol. The van der Waals surface area contributed by atoms with Gasteiger partial charge in [0.1, 0.15) is 18.5 Å². The second-order valence-corrected chi connectivity index (χ2v) is 5.99. The van der Waals surface area contributed by atoms with Crippen molar-refractivity contribution in [3.05, 3.63) is 51.6 Å². The highest BCUT2D eigenvalue weighted by molar-refractivity contribution is 14.1. The number of carbonyl (C=O) groups excluding carboxylic acids is 1. The zero-order valence-electron chi connectivity index (χ0n) is 12.8. The van der Waals surface area contributed by atoms with Crippen LogP contribution in [0.1, 0.15) is 10.4 Å². The van der Waals surface area contributed by atoms with Crippen molar-refractivity contribution in [1.82, 2.24) is 10.5 Å². The van der Waals surface area contributed by atoms with E-state index in [1.54, 1.807) is 12.1 Å². The number of halogens is 3. The molecule has 1 heterocycles. The average molecular weight is 484 g/mol.